The molecule has 0 aliphatic rings. The normalized spacial score (nSPS) is 9.44. The first-order valence-corrected chi connectivity index (χ1v) is 4.87. The molecule has 6 heteroatoms. The molecule has 0 heterocycles. The first kappa shape index (κ1) is 18.3. The molecule has 0 aliphatic heterocycles. The van der Waals surface area contributed by atoms with E-state index in [1.165, 1.54) is 6.92 Å². The summed E-state index contributed by atoms with van der Waals surface area (Å²) in [5, 5.41) is 0. The van der Waals surface area contributed by atoms with Crippen LogP contribution in [0.1, 0.15) is 13.3 Å². The van der Waals surface area contributed by atoms with Crippen LogP contribution in [0.15, 0.2) is 0 Å². The Hall–Kier alpha value is -0.0569. The van der Waals surface area contributed by atoms with Crippen LogP contribution in [0.5, 0.6) is 0 Å². The van der Waals surface area contributed by atoms with E-state index < -0.39 is 0 Å². The van der Waals surface area contributed by atoms with Gasteiger partial charge in [-0.15, -0.1) is 0 Å². The van der Waals surface area contributed by atoms with Gasteiger partial charge in [0.25, 0.3) is 0 Å². The summed E-state index contributed by atoms with van der Waals surface area (Å²) in [6.07, 6.45) is -0.0482. The maximum absolute atomic E-state index is 11.6. The van der Waals surface area contributed by atoms with Crippen LogP contribution >= 0.6 is 0 Å². The quantitative estimate of drug-likeness (QED) is 0.596. The molecule has 0 fully saturated rings. The van der Waals surface area contributed by atoms with E-state index in [2.05, 4.69) is 0 Å². The van der Waals surface area contributed by atoms with Crippen molar-refractivity contribution in [2.75, 3.05) is 40.5 Å². The number of amides is 1. The van der Waals surface area contributed by atoms with Gasteiger partial charge >= 0.3 is 0 Å². The zero-order valence-corrected chi connectivity index (χ0v) is 12.6. The molecule has 0 bridgehead atoms. The second-order valence-electron chi connectivity index (χ2n) is 3.25. The molecule has 0 radical (unpaired) electrons. The molecular formula is C10H19NO4Zr. The fourth-order valence-electron chi connectivity index (χ4n) is 1.09. The monoisotopic (exact) mass is 307 g/mol. The maximum atomic E-state index is 11.6. The van der Waals surface area contributed by atoms with Crippen molar-refractivity contribution in [2.45, 2.75) is 13.3 Å². The number of nitrogens with zero attached hydrogens (tertiary/aromatic N) is 1. The zero-order valence-electron chi connectivity index (χ0n) is 10.1. The summed E-state index contributed by atoms with van der Waals surface area (Å²) in [6, 6.07) is 0. The van der Waals surface area contributed by atoms with Gasteiger partial charge in [0.15, 0.2) is 0 Å². The van der Waals surface area contributed by atoms with E-state index in [-0.39, 0.29) is 44.3 Å². The summed E-state index contributed by atoms with van der Waals surface area (Å²) < 4.78 is 9.78. The fourth-order valence-corrected chi connectivity index (χ4v) is 1.09. The van der Waals surface area contributed by atoms with Crippen LogP contribution in [0, 0.1) is 0 Å². The summed E-state index contributed by atoms with van der Waals surface area (Å²) in [6.45, 7) is 3.32. The van der Waals surface area contributed by atoms with Crippen molar-refractivity contribution in [3.05, 3.63) is 0 Å². The Morgan fingerprint density at radius 3 is 1.81 bits per heavy atom. The average molecular weight is 308 g/mol. The molecule has 0 aromatic rings. The van der Waals surface area contributed by atoms with Crippen molar-refractivity contribution >= 4 is 11.7 Å². The first-order valence-electron chi connectivity index (χ1n) is 4.87. The molecule has 0 saturated carbocycles. The molecule has 0 aromatic carbocycles. The van der Waals surface area contributed by atoms with Gasteiger partial charge in [-0.3, -0.25) is 9.59 Å². The maximum Gasteiger partial charge on any atom is 0.230 e. The Bertz CT molecular complexity index is 203. The minimum Gasteiger partial charge on any atom is -0.383 e. The molecule has 0 aliphatic carbocycles. The Kier molecular flexibility index (Phi) is 13.1. The van der Waals surface area contributed by atoms with Crippen molar-refractivity contribution in [3.63, 3.8) is 0 Å². The van der Waals surface area contributed by atoms with Crippen LogP contribution in [0.25, 0.3) is 0 Å². The van der Waals surface area contributed by atoms with Gasteiger partial charge in [-0.25, -0.2) is 0 Å². The third kappa shape index (κ3) is 9.19. The average Bonchev–Trinajstić information content (AvgIpc) is 2.17. The molecular weight excluding hydrogens is 289 g/mol. The summed E-state index contributed by atoms with van der Waals surface area (Å²) in [5.41, 5.74) is 0. The first-order chi connectivity index (χ1) is 7.11. The van der Waals surface area contributed by atoms with Crippen LogP contribution in [-0.4, -0.2) is 57.1 Å². The summed E-state index contributed by atoms with van der Waals surface area (Å²) in [7, 11) is 3.15. The van der Waals surface area contributed by atoms with E-state index in [4.69, 9.17) is 9.47 Å². The van der Waals surface area contributed by atoms with Crippen molar-refractivity contribution in [1.29, 1.82) is 0 Å². The van der Waals surface area contributed by atoms with Gasteiger partial charge in [0.1, 0.15) is 5.78 Å². The van der Waals surface area contributed by atoms with Gasteiger partial charge in [0.05, 0.1) is 19.6 Å². The van der Waals surface area contributed by atoms with Gasteiger partial charge in [0, 0.05) is 53.5 Å². The molecule has 5 nitrogen and oxygen atoms in total. The van der Waals surface area contributed by atoms with E-state index in [1.54, 1.807) is 19.1 Å². The molecule has 0 unspecified atom stereocenters. The molecule has 16 heavy (non-hydrogen) atoms. The minimum atomic E-state index is -0.170. The number of ether oxygens (including phenoxy) is 2. The van der Waals surface area contributed by atoms with E-state index in [1.807, 2.05) is 0 Å². The van der Waals surface area contributed by atoms with Gasteiger partial charge in [-0.1, -0.05) is 0 Å². The number of rotatable bonds is 8. The predicted octanol–water partition coefficient (Wildman–Crippen LogP) is 0.0844. The van der Waals surface area contributed by atoms with Crippen LogP contribution in [0.4, 0.5) is 0 Å². The molecule has 0 N–H and O–H groups in total. The minimum absolute atomic E-state index is 0. The van der Waals surface area contributed by atoms with E-state index in [0.29, 0.717) is 26.3 Å². The number of Topliss-reactive ketones (excluding diaryl/α,β-unsaturated/α-hetero) is 1. The largest absolute Gasteiger partial charge is 0.383 e. The smallest absolute Gasteiger partial charge is 0.230 e. The van der Waals surface area contributed by atoms with Gasteiger partial charge < -0.3 is 14.4 Å². The van der Waals surface area contributed by atoms with E-state index >= 15 is 0 Å². The molecule has 0 rings (SSSR count). The standard InChI is InChI=1S/C10H19NO4.Zr/c1-9(12)8-10(13)11(4-6-14-2)5-7-15-3;/h4-8H2,1-3H3;. The predicted molar refractivity (Wildman–Crippen MR) is 55.6 cm³/mol. The number of carbonyl (C=O) groups is 2. The second-order valence-corrected chi connectivity index (χ2v) is 3.25. The number of hydrogen-bond donors (Lipinski definition) is 0. The van der Waals surface area contributed by atoms with E-state index in [0.717, 1.165) is 0 Å². The van der Waals surface area contributed by atoms with Crippen LogP contribution in [0.3, 0.4) is 0 Å². The molecule has 0 atom stereocenters. The van der Waals surface area contributed by atoms with Gasteiger partial charge in [-0.2, -0.15) is 0 Å². The Balaban J connectivity index is 0. The van der Waals surface area contributed by atoms with Crippen molar-refractivity contribution in [1.82, 2.24) is 4.90 Å². The fraction of sp³-hybridized carbons (Fsp3) is 0.800. The third-order valence-corrected chi connectivity index (χ3v) is 1.88. The number of methoxy groups -OCH3 is 2. The number of carbonyl (C=O) groups excluding carboxylic acids is 2. The molecule has 92 valence electrons. The number of hydrogen-bond acceptors (Lipinski definition) is 4. The van der Waals surface area contributed by atoms with Crippen LogP contribution in [-0.2, 0) is 45.3 Å². The molecule has 0 aromatic heterocycles. The second kappa shape index (κ2) is 11.4. The van der Waals surface area contributed by atoms with Gasteiger partial charge in [-0.05, 0) is 6.92 Å². The van der Waals surface area contributed by atoms with Crippen molar-refractivity contribution < 1.29 is 45.3 Å². The zero-order chi connectivity index (χ0) is 11.7. The van der Waals surface area contributed by atoms with Crippen molar-refractivity contribution in [3.8, 4) is 0 Å². The van der Waals surface area contributed by atoms with Gasteiger partial charge in [0.2, 0.25) is 5.91 Å². The summed E-state index contributed by atoms with van der Waals surface area (Å²) in [4.78, 5) is 23.9. The Morgan fingerprint density at radius 1 is 1.06 bits per heavy atom. The topological polar surface area (TPSA) is 55.8 Å². The van der Waals surface area contributed by atoms with Crippen molar-refractivity contribution in [2.24, 2.45) is 0 Å². The van der Waals surface area contributed by atoms with E-state index in [9.17, 15) is 9.59 Å². The molecule has 0 saturated heterocycles. The molecule has 1 amide bonds. The van der Waals surface area contributed by atoms with Crippen LogP contribution < -0.4 is 0 Å². The third-order valence-electron chi connectivity index (χ3n) is 1.88. The SMILES string of the molecule is COCCN(CCOC)C(=O)CC(C)=O.[Zr]. The Labute approximate surface area is 116 Å². The Morgan fingerprint density at radius 2 is 1.50 bits per heavy atom. The summed E-state index contributed by atoms with van der Waals surface area (Å²) >= 11 is 0. The van der Waals surface area contributed by atoms with Crippen LogP contribution in [0.2, 0.25) is 0 Å². The summed E-state index contributed by atoms with van der Waals surface area (Å²) in [5.74, 6) is -0.295. The number of ketones is 1. The molecule has 0 spiro atoms.